The Morgan fingerprint density at radius 1 is 0.451 bits per heavy atom. The predicted octanol–water partition coefficient (Wildman–Crippen LogP) is 8.80. The number of benzene rings is 2. The third-order valence-corrected chi connectivity index (χ3v) is 8.91. The molecular weight excluding hydrogens is 648 g/mol. The summed E-state index contributed by atoms with van der Waals surface area (Å²) in [7, 11) is 0. The van der Waals surface area contributed by atoms with Crippen LogP contribution >= 0.6 is 0 Å². The number of carbonyl (C=O) groups is 4. The topological polar surface area (TPSA) is 114 Å². The van der Waals surface area contributed by atoms with E-state index in [4.69, 9.17) is 23.7 Å². The molecule has 0 radical (unpaired) electrons. The van der Waals surface area contributed by atoms with Gasteiger partial charge in [0.15, 0.2) is 0 Å². The Kier molecular flexibility index (Phi) is 15.1. The molecule has 284 valence electrons. The van der Waals surface area contributed by atoms with E-state index in [1.54, 1.807) is 55.4 Å². The molecule has 2 aromatic rings. The van der Waals surface area contributed by atoms with Gasteiger partial charge >= 0.3 is 23.9 Å². The molecule has 0 atom stereocenters. The van der Waals surface area contributed by atoms with E-state index in [1.165, 1.54) is 0 Å². The van der Waals surface area contributed by atoms with Crippen molar-refractivity contribution in [2.75, 3.05) is 13.2 Å². The van der Waals surface area contributed by atoms with Crippen molar-refractivity contribution in [3.63, 3.8) is 0 Å². The maximum Gasteiger partial charge on any atom is 0.312 e. The fraction of sp³-hybridized carbons (Fsp3) is 0.619. The summed E-state index contributed by atoms with van der Waals surface area (Å²) in [5, 5.41) is 0. The number of hydrogen-bond acceptors (Lipinski definition) is 9. The van der Waals surface area contributed by atoms with Gasteiger partial charge < -0.3 is 23.7 Å². The van der Waals surface area contributed by atoms with Crippen molar-refractivity contribution < 1.29 is 42.9 Å². The van der Waals surface area contributed by atoms with Crippen molar-refractivity contribution in [3.8, 4) is 0 Å². The van der Waals surface area contributed by atoms with E-state index in [1.807, 2.05) is 88.4 Å². The van der Waals surface area contributed by atoms with Crippen molar-refractivity contribution in [1.29, 1.82) is 0 Å². The number of hydrogen-bond donors (Lipinski definition) is 0. The summed E-state index contributed by atoms with van der Waals surface area (Å²) in [4.78, 5) is 52.2. The minimum atomic E-state index is -0.942. The molecule has 9 nitrogen and oxygen atoms in total. The molecule has 0 aliphatic carbocycles. The van der Waals surface area contributed by atoms with Crippen LogP contribution in [0.2, 0.25) is 0 Å². The van der Waals surface area contributed by atoms with Gasteiger partial charge in [-0.1, -0.05) is 60.7 Å². The first-order valence-corrected chi connectivity index (χ1v) is 17.8. The number of rotatable bonds is 20. The Morgan fingerprint density at radius 2 is 0.804 bits per heavy atom. The van der Waals surface area contributed by atoms with E-state index in [9.17, 15) is 19.2 Å². The summed E-state index contributed by atoms with van der Waals surface area (Å²) < 4.78 is 28.8. The first-order valence-electron chi connectivity index (χ1n) is 17.8. The molecule has 0 spiro atoms. The average Bonchev–Trinajstić information content (AvgIpc) is 3.01. The average molecular weight is 711 g/mol. The molecular formula is C42H62O9. The second-order valence-electron chi connectivity index (χ2n) is 17.4. The van der Waals surface area contributed by atoms with Crippen LogP contribution in [0.1, 0.15) is 120 Å². The standard InChI is InChI=1S/C42H62O9/c1-37(2,29-38(3,4)34(44)48-27-31-19-15-13-16-20-31)33(43)47-25-23-41(9,10)50-26-24-42(11,12)51-36(46)40(7,8)30-39(5,6)35(45)49-28-32-21-17-14-18-22-32/h13-22H,23-30H2,1-12H3. The van der Waals surface area contributed by atoms with E-state index in [0.29, 0.717) is 19.4 Å². The Morgan fingerprint density at radius 3 is 1.22 bits per heavy atom. The molecule has 51 heavy (non-hydrogen) atoms. The molecule has 0 fully saturated rings. The van der Waals surface area contributed by atoms with Gasteiger partial charge in [0, 0.05) is 12.8 Å². The maximum atomic E-state index is 13.3. The summed E-state index contributed by atoms with van der Waals surface area (Å²) >= 11 is 0. The highest BCUT2D eigenvalue weighted by atomic mass is 16.6. The number of ether oxygens (including phenoxy) is 5. The fourth-order valence-corrected chi connectivity index (χ4v) is 6.01. The van der Waals surface area contributed by atoms with Gasteiger partial charge in [-0.15, -0.1) is 0 Å². The Hall–Kier alpha value is -3.72. The van der Waals surface area contributed by atoms with Crippen LogP contribution in [0.25, 0.3) is 0 Å². The van der Waals surface area contributed by atoms with E-state index < -0.39 is 44.8 Å². The number of carbonyl (C=O) groups excluding carboxylic acids is 4. The highest BCUT2D eigenvalue weighted by Crippen LogP contribution is 2.38. The summed E-state index contributed by atoms with van der Waals surface area (Å²) in [6.07, 6.45) is 1.38. The highest BCUT2D eigenvalue weighted by molar-refractivity contribution is 5.81. The van der Waals surface area contributed by atoms with Crippen molar-refractivity contribution in [3.05, 3.63) is 71.8 Å². The van der Waals surface area contributed by atoms with E-state index in [-0.39, 0.29) is 44.6 Å². The lowest BCUT2D eigenvalue weighted by Crippen LogP contribution is -2.41. The molecule has 0 saturated carbocycles. The van der Waals surface area contributed by atoms with Gasteiger partial charge in [-0.25, -0.2) is 0 Å². The molecule has 0 bridgehead atoms. The SMILES string of the molecule is CC(C)(CCOC(=O)C(C)(C)CC(C)(C)C(=O)OCc1ccccc1)OCCC(C)(C)OC(=O)C(C)(C)CC(C)(C)C(=O)OCc1ccccc1. The molecule has 0 N–H and O–H groups in total. The van der Waals surface area contributed by atoms with Crippen LogP contribution in [-0.2, 0) is 56.1 Å². The van der Waals surface area contributed by atoms with Crippen LogP contribution < -0.4 is 0 Å². The smallest absolute Gasteiger partial charge is 0.312 e. The van der Waals surface area contributed by atoms with E-state index in [2.05, 4.69) is 0 Å². The lowest BCUT2D eigenvalue weighted by molar-refractivity contribution is -0.173. The second kappa shape index (κ2) is 17.7. The summed E-state index contributed by atoms with van der Waals surface area (Å²) in [6.45, 7) is 22.5. The first-order chi connectivity index (χ1) is 23.4. The second-order valence-corrected chi connectivity index (χ2v) is 17.4. The number of esters is 4. The molecule has 9 heteroatoms. The quantitative estimate of drug-likeness (QED) is 0.0982. The molecule has 0 amide bonds. The normalized spacial score (nSPS) is 12.9. The van der Waals surface area contributed by atoms with Crippen molar-refractivity contribution in [2.45, 2.75) is 133 Å². The van der Waals surface area contributed by atoms with Crippen molar-refractivity contribution >= 4 is 23.9 Å². The largest absolute Gasteiger partial charge is 0.465 e. The van der Waals surface area contributed by atoms with Gasteiger partial charge in [-0.3, -0.25) is 19.2 Å². The van der Waals surface area contributed by atoms with Crippen LogP contribution in [0, 0.1) is 21.7 Å². The van der Waals surface area contributed by atoms with Crippen molar-refractivity contribution in [1.82, 2.24) is 0 Å². The van der Waals surface area contributed by atoms with Crippen LogP contribution in [-0.4, -0.2) is 48.3 Å². The zero-order valence-corrected chi connectivity index (χ0v) is 33.1. The minimum Gasteiger partial charge on any atom is -0.465 e. The highest BCUT2D eigenvalue weighted by Gasteiger charge is 2.43. The third kappa shape index (κ3) is 14.8. The molecule has 0 aliphatic heterocycles. The van der Waals surface area contributed by atoms with Gasteiger partial charge in [0.05, 0.1) is 40.5 Å². The fourth-order valence-electron chi connectivity index (χ4n) is 6.01. The summed E-state index contributed by atoms with van der Waals surface area (Å²) in [5.41, 5.74) is -3.31. The van der Waals surface area contributed by atoms with Gasteiger partial charge in [0.25, 0.3) is 0 Å². The minimum absolute atomic E-state index is 0.143. The molecule has 2 rings (SSSR count). The van der Waals surface area contributed by atoms with Crippen LogP contribution in [0.15, 0.2) is 60.7 Å². The molecule has 2 aromatic carbocycles. The van der Waals surface area contributed by atoms with Crippen molar-refractivity contribution in [2.24, 2.45) is 21.7 Å². The monoisotopic (exact) mass is 710 g/mol. The van der Waals surface area contributed by atoms with Gasteiger partial charge in [0.1, 0.15) is 18.8 Å². The van der Waals surface area contributed by atoms with Crippen LogP contribution in [0.4, 0.5) is 0 Å². The Balaban J connectivity index is 1.79. The molecule has 0 saturated heterocycles. The van der Waals surface area contributed by atoms with E-state index >= 15 is 0 Å². The molecule has 0 aromatic heterocycles. The lowest BCUT2D eigenvalue weighted by atomic mass is 9.75. The molecule has 0 unspecified atom stereocenters. The van der Waals surface area contributed by atoms with Gasteiger partial charge in [-0.2, -0.15) is 0 Å². The van der Waals surface area contributed by atoms with Crippen LogP contribution in [0.3, 0.4) is 0 Å². The Bertz CT molecular complexity index is 1440. The summed E-state index contributed by atoms with van der Waals surface area (Å²) in [6, 6.07) is 18.9. The zero-order chi connectivity index (χ0) is 38.7. The van der Waals surface area contributed by atoms with Gasteiger partial charge in [-0.05, 0) is 107 Å². The third-order valence-electron chi connectivity index (χ3n) is 8.91. The Labute approximate surface area is 306 Å². The van der Waals surface area contributed by atoms with Gasteiger partial charge in [0.2, 0.25) is 0 Å². The maximum absolute atomic E-state index is 13.3. The first kappa shape index (κ1) is 43.4. The lowest BCUT2D eigenvalue weighted by Gasteiger charge is -2.35. The molecule has 0 aliphatic rings. The van der Waals surface area contributed by atoms with E-state index in [0.717, 1.165) is 11.1 Å². The summed E-state index contributed by atoms with van der Waals surface area (Å²) in [5.74, 6) is -1.55. The zero-order valence-electron chi connectivity index (χ0n) is 33.1. The predicted molar refractivity (Wildman–Crippen MR) is 197 cm³/mol. The van der Waals surface area contributed by atoms with Crippen LogP contribution in [0.5, 0.6) is 0 Å². The molecule has 0 heterocycles.